The van der Waals surface area contributed by atoms with E-state index in [-0.39, 0.29) is 22.9 Å². The van der Waals surface area contributed by atoms with E-state index in [2.05, 4.69) is 15.1 Å². The number of hydrogen-bond donors (Lipinski definition) is 1. The summed E-state index contributed by atoms with van der Waals surface area (Å²) in [6, 6.07) is 3.63. The number of nitrogens with zero attached hydrogens (tertiary/aromatic N) is 6. The SMILES string of the molecule is N#Cc1c(N)nc2ncnn2c1C#N. The molecule has 0 bridgehead atoms. The Balaban J connectivity index is 3.00. The van der Waals surface area contributed by atoms with Crippen LogP contribution in [0.25, 0.3) is 5.78 Å². The van der Waals surface area contributed by atoms with Gasteiger partial charge in [0.15, 0.2) is 5.69 Å². The van der Waals surface area contributed by atoms with E-state index in [1.807, 2.05) is 6.07 Å². The van der Waals surface area contributed by atoms with Crippen molar-refractivity contribution in [2.24, 2.45) is 0 Å². The highest BCUT2D eigenvalue weighted by molar-refractivity contribution is 5.58. The predicted molar refractivity (Wildman–Crippen MR) is 44.6 cm³/mol. The summed E-state index contributed by atoms with van der Waals surface area (Å²) < 4.78 is 1.18. The molecule has 14 heavy (non-hydrogen) atoms. The van der Waals surface area contributed by atoms with Crippen molar-refractivity contribution in [2.75, 3.05) is 5.73 Å². The van der Waals surface area contributed by atoms with Crippen LogP contribution in [0.5, 0.6) is 0 Å². The van der Waals surface area contributed by atoms with E-state index in [1.165, 1.54) is 10.8 Å². The second kappa shape index (κ2) is 2.68. The highest BCUT2D eigenvalue weighted by atomic mass is 15.3. The van der Waals surface area contributed by atoms with Gasteiger partial charge in [0, 0.05) is 0 Å². The van der Waals surface area contributed by atoms with E-state index in [0.29, 0.717) is 0 Å². The second-order valence-corrected chi connectivity index (χ2v) is 2.42. The molecule has 2 N–H and O–H groups in total. The van der Waals surface area contributed by atoms with Crippen LogP contribution in [0.15, 0.2) is 6.33 Å². The van der Waals surface area contributed by atoms with E-state index in [9.17, 15) is 0 Å². The molecule has 66 valence electrons. The molecule has 0 atom stereocenters. The number of nitriles is 2. The lowest BCUT2D eigenvalue weighted by atomic mass is 10.2. The standard InChI is InChI=1S/C7H3N7/c8-1-4-5(2-9)14-7(11-3-12-14)13-6(4)10/h3H,(H2,10,11,12,13). The number of fused-ring (bicyclic) bond motifs is 1. The second-order valence-electron chi connectivity index (χ2n) is 2.42. The number of nitrogen functional groups attached to an aromatic ring is 1. The van der Waals surface area contributed by atoms with E-state index < -0.39 is 0 Å². The Hall–Kier alpha value is -2.67. The van der Waals surface area contributed by atoms with Gasteiger partial charge in [-0.2, -0.15) is 30.1 Å². The molecule has 2 rings (SSSR count). The van der Waals surface area contributed by atoms with Crippen LogP contribution >= 0.6 is 0 Å². The van der Waals surface area contributed by atoms with E-state index in [1.54, 1.807) is 6.07 Å². The van der Waals surface area contributed by atoms with Crippen molar-refractivity contribution >= 4 is 11.6 Å². The molecule has 2 aromatic heterocycles. The summed E-state index contributed by atoms with van der Waals surface area (Å²) in [5, 5.41) is 21.3. The third-order valence-corrected chi connectivity index (χ3v) is 1.67. The molecule has 7 nitrogen and oxygen atoms in total. The molecule has 7 heteroatoms. The normalized spacial score (nSPS) is 9.57. The molecule has 0 amide bonds. The molecule has 0 fully saturated rings. The number of nitrogens with two attached hydrogens (primary N) is 1. The summed E-state index contributed by atoms with van der Waals surface area (Å²) in [6.45, 7) is 0. The Kier molecular flexibility index (Phi) is 1.52. The van der Waals surface area contributed by atoms with Crippen LogP contribution in [-0.4, -0.2) is 19.6 Å². The van der Waals surface area contributed by atoms with Gasteiger partial charge in [0.1, 0.15) is 29.8 Å². The fourth-order valence-electron chi connectivity index (χ4n) is 1.07. The van der Waals surface area contributed by atoms with E-state index in [0.717, 1.165) is 0 Å². The average molecular weight is 185 g/mol. The Morgan fingerprint density at radius 2 is 2.14 bits per heavy atom. The quantitative estimate of drug-likeness (QED) is 0.588. The highest BCUT2D eigenvalue weighted by Gasteiger charge is 2.13. The van der Waals surface area contributed by atoms with Gasteiger partial charge in [-0.1, -0.05) is 0 Å². The lowest BCUT2D eigenvalue weighted by Crippen LogP contribution is -2.05. The minimum absolute atomic E-state index is 0.00968. The molecule has 0 saturated heterocycles. The third-order valence-electron chi connectivity index (χ3n) is 1.67. The van der Waals surface area contributed by atoms with Gasteiger partial charge in [-0.15, -0.1) is 0 Å². The van der Waals surface area contributed by atoms with Crippen molar-refractivity contribution < 1.29 is 0 Å². The zero-order chi connectivity index (χ0) is 10.1. The largest absolute Gasteiger partial charge is 0.382 e. The molecule has 0 aliphatic carbocycles. The van der Waals surface area contributed by atoms with Crippen molar-refractivity contribution in [3.8, 4) is 12.1 Å². The van der Waals surface area contributed by atoms with Gasteiger partial charge < -0.3 is 5.73 Å². The first-order chi connectivity index (χ1) is 6.77. The summed E-state index contributed by atoms with van der Waals surface area (Å²) in [5.41, 5.74) is 5.53. The molecule has 0 aliphatic heterocycles. The minimum Gasteiger partial charge on any atom is -0.382 e. The van der Waals surface area contributed by atoms with Gasteiger partial charge in [-0.3, -0.25) is 0 Å². The number of aromatic nitrogens is 4. The summed E-state index contributed by atoms with van der Waals surface area (Å²) in [7, 11) is 0. The zero-order valence-corrected chi connectivity index (χ0v) is 6.84. The van der Waals surface area contributed by atoms with Gasteiger partial charge in [0.25, 0.3) is 5.78 Å². The molecule has 2 aromatic rings. The molecule has 0 unspecified atom stereocenters. The maximum absolute atomic E-state index is 8.82. The molecule has 0 spiro atoms. The Morgan fingerprint density at radius 3 is 2.79 bits per heavy atom. The zero-order valence-electron chi connectivity index (χ0n) is 6.84. The molecular formula is C7H3N7. The fraction of sp³-hybridized carbons (Fsp3) is 0. The van der Waals surface area contributed by atoms with E-state index >= 15 is 0 Å². The van der Waals surface area contributed by atoms with Crippen molar-refractivity contribution in [2.45, 2.75) is 0 Å². The lowest BCUT2D eigenvalue weighted by molar-refractivity contribution is 0.917. The predicted octanol–water partition coefficient (Wildman–Crippen LogP) is -0.550. The van der Waals surface area contributed by atoms with Gasteiger partial charge in [-0.25, -0.2) is 0 Å². The topological polar surface area (TPSA) is 117 Å². The summed E-state index contributed by atoms with van der Waals surface area (Å²) in [4.78, 5) is 7.57. The van der Waals surface area contributed by atoms with Crippen LogP contribution in [0.3, 0.4) is 0 Å². The van der Waals surface area contributed by atoms with Crippen LogP contribution in [0.4, 0.5) is 5.82 Å². The molecule has 0 aliphatic rings. The van der Waals surface area contributed by atoms with Crippen LogP contribution in [0, 0.1) is 22.7 Å². The maximum atomic E-state index is 8.82. The molecule has 0 aromatic carbocycles. The van der Waals surface area contributed by atoms with Crippen molar-refractivity contribution in [3.05, 3.63) is 17.6 Å². The third kappa shape index (κ3) is 0.867. The van der Waals surface area contributed by atoms with Crippen molar-refractivity contribution in [1.29, 1.82) is 10.5 Å². The highest BCUT2D eigenvalue weighted by Crippen LogP contribution is 2.13. The van der Waals surface area contributed by atoms with Gasteiger partial charge in [0.05, 0.1) is 0 Å². The summed E-state index contributed by atoms with van der Waals surface area (Å²) in [5.74, 6) is 0.197. The van der Waals surface area contributed by atoms with E-state index in [4.69, 9.17) is 16.3 Å². The minimum atomic E-state index is -0.00968. The summed E-state index contributed by atoms with van der Waals surface area (Å²) in [6.07, 6.45) is 1.24. The van der Waals surface area contributed by atoms with Crippen LogP contribution < -0.4 is 5.73 Å². The van der Waals surface area contributed by atoms with Crippen LogP contribution in [-0.2, 0) is 0 Å². The fourth-order valence-corrected chi connectivity index (χ4v) is 1.07. The first-order valence-corrected chi connectivity index (χ1v) is 3.57. The average Bonchev–Trinajstić information content (AvgIpc) is 2.62. The van der Waals surface area contributed by atoms with Crippen LogP contribution in [0.1, 0.15) is 11.3 Å². The molecule has 0 saturated carbocycles. The molecule has 2 heterocycles. The molecular weight excluding hydrogens is 182 g/mol. The Morgan fingerprint density at radius 1 is 1.36 bits per heavy atom. The maximum Gasteiger partial charge on any atom is 0.255 e. The smallest absolute Gasteiger partial charge is 0.255 e. The first kappa shape index (κ1) is 7.95. The number of rotatable bonds is 0. The molecule has 0 radical (unpaired) electrons. The first-order valence-electron chi connectivity index (χ1n) is 3.57. The van der Waals surface area contributed by atoms with Crippen molar-refractivity contribution in [3.63, 3.8) is 0 Å². The van der Waals surface area contributed by atoms with Gasteiger partial charge in [-0.05, 0) is 0 Å². The number of anilines is 1. The monoisotopic (exact) mass is 185 g/mol. The van der Waals surface area contributed by atoms with Gasteiger partial charge in [0.2, 0.25) is 0 Å². The van der Waals surface area contributed by atoms with Crippen molar-refractivity contribution in [1.82, 2.24) is 19.6 Å². The Labute approximate surface area is 78.0 Å². The Bertz CT molecular complexity index is 582. The summed E-state index contributed by atoms with van der Waals surface area (Å²) >= 11 is 0. The van der Waals surface area contributed by atoms with Gasteiger partial charge >= 0.3 is 0 Å². The van der Waals surface area contributed by atoms with Crippen LogP contribution in [0.2, 0.25) is 0 Å². The number of hydrogen-bond acceptors (Lipinski definition) is 6. The lowest BCUT2D eigenvalue weighted by Gasteiger charge is -1.99.